The van der Waals surface area contributed by atoms with E-state index in [4.69, 9.17) is 9.47 Å². The maximum Gasteiger partial charge on any atom is 0.303 e. The SMILES string of the molecule is CC(=O)OC(C)(C)C1CCC(C)(CC=O)O1. The predicted molar refractivity (Wildman–Crippen MR) is 59.0 cm³/mol. The van der Waals surface area contributed by atoms with Crippen LogP contribution in [0.25, 0.3) is 0 Å². The fourth-order valence-corrected chi connectivity index (χ4v) is 2.15. The van der Waals surface area contributed by atoms with Crippen molar-refractivity contribution in [1.29, 1.82) is 0 Å². The van der Waals surface area contributed by atoms with Crippen molar-refractivity contribution in [1.82, 2.24) is 0 Å². The van der Waals surface area contributed by atoms with Crippen molar-refractivity contribution < 1.29 is 19.1 Å². The largest absolute Gasteiger partial charge is 0.457 e. The average Bonchev–Trinajstić information content (AvgIpc) is 2.46. The summed E-state index contributed by atoms with van der Waals surface area (Å²) >= 11 is 0. The third kappa shape index (κ3) is 3.04. The van der Waals surface area contributed by atoms with Crippen LogP contribution in [-0.2, 0) is 19.1 Å². The molecule has 4 nitrogen and oxygen atoms in total. The minimum atomic E-state index is -0.632. The summed E-state index contributed by atoms with van der Waals surface area (Å²) in [7, 11) is 0. The topological polar surface area (TPSA) is 52.6 Å². The van der Waals surface area contributed by atoms with E-state index in [-0.39, 0.29) is 12.1 Å². The Morgan fingerprint density at radius 3 is 2.75 bits per heavy atom. The molecule has 1 saturated heterocycles. The Kier molecular flexibility index (Phi) is 3.73. The smallest absolute Gasteiger partial charge is 0.303 e. The standard InChI is InChI=1S/C12H20O4/c1-9(14)15-11(2,3)10-5-6-12(4,16-10)7-8-13/h8,10H,5-7H2,1-4H3. The number of hydrogen-bond donors (Lipinski definition) is 0. The molecule has 2 atom stereocenters. The molecule has 0 radical (unpaired) electrons. The summed E-state index contributed by atoms with van der Waals surface area (Å²) in [5, 5.41) is 0. The number of esters is 1. The first-order valence-corrected chi connectivity index (χ1v) is 5.60. The van der Waals surface area contributed by atoms with Crippen molar-refractivity contribution in [2.24, 2.45) is 0 Å². The lowest BCUT2D eigenvalue weighted by molar-refractivity contribution is -0.175. The van der Waals surface area contributed by atoms with Crippen molar-refractivity contribution in [3.05, 3.63) is 0 Å². The van der Waals surface area contributed by atoms with Gasteiger partial charge < -0.3 is 14.3 Å². The van der Waals surface area contributed by atoms with Gasteiger partial charge in [0.1, 0.15) is 11.9 Å². The Morgan fingerprint density at radius 1 is 1.62 bits per heavy atom. The van der Waals surface area contributed by atoms with Crippen LogP contribution in [0.15, 0.2) is 0 Å². The van der Waals surface area contributed by atoms with E-state index in [9.17, 15) is 9.59 Å². The lowest BCUT2D eigenvalue weighted by Gasteiger charge is -2.32. The minimum Gasteiger partial charge on any atom is -0.457 e. The molecule has 0 N–H and O–H groups in total. The zero-order valence-corrected chi connectivity index (χ0v) is 10.4. The second-order valence-electron chi connectivity index (χ2n) is 5.16. The summed E-state index contributed by atoms with van der Waals surface area (Å²) in [5.41, 5.74) is -1.03. The van der Waals surface area contributed by atoms with Crippen LogP contribution in [0.5, 0.6) is 0 Å². The van der Waals surface area contributed by atoms with E-state index >= 15 is 0 Å². The maximum absolute atomic E-state index is 11.0. The molecule has 92 valence electrons. The summed E-state index contributed by atoms with van der Waals surface area (Å²) < 4.78 is 11.1. The first-order valence-electron chi connectivity index (χ1n) is 5.60. The maximum atomic E-state index is 11.0. The van der Waals surface area contributed by atoms with E-state index in [0.29, 0.717) is 6.42 Å². The molecule has 1 heterocycles. The van der Waals surface area contributed by atoms with Gasteiger partial charge in [0.15, 0.2) is 0 Å². The highest BCUT2D eigenvalue weighted by molar-refractivity contribution is 5.66. The summed E-state index contributed by atoms with van der Waals surface area (Å²) in [6.07, 6.45) is 2.76. The van der Waals surface area contributed by atoms with Gasteiger partial charge in [-0.1, -0.05) is 0 Å². The van der Waals surface area contributed by atoms with Gasteiger partial charge in [-0.25, -0.2) is 0 Å². The molecule has 0 bridgehead atoms. The molecular weight excluding hydrogens is 208 g/mol. The van der Waals surface area contributed by atoms with Gasteiger partial charge in [-0.15, -0.1) is 0 Å². The number of carbonyl (C=O) groups excluding carboxylic acids is 2. The number of hydrogen-bond acceptors (Lipinski definition) is 4. The van der Waals surface area contributed by atoms with Gasteiger partial charge in [0.2, 0.25) is 0 Å². The van der Waals surface area contributed by atoms with Gasteiger partial charge in [0.05, 0.1) is 11.7 Å². The Labute approximate surface area is 96.3 Å². The van der Waals surface area contributed by atoms with Crippen LogP contribution in [0.2, 0.25) is 0 Å². The lowest BCUT2D eigenvalue weighted by atomic mass is 9.95. The van der Waals surface area contributed by atoms with E-state index in [0.717, 1.165) is 19.1 Å². The van der Waals surface area contributed by atoms with E-state index in [1.54, 1.807) is 0 Å². The first-order chi connectivity index (χ1) is 7.29. The highest BCUT2D eigenvalue weighted by atomic mass is 16.6. The monoisotopic (exact) mass is 228 g/mol. The highest BCUT2D eigenvalue weighted by Gasteiger charge is 2.44. The summed E-state index contributed by atoms with van der Waals surface area (Å²) in [5.74, 6) is -0.308. The molecule has 1 fully saturated rings. The third-order valence-electron chi connectivity index (χ3n) is 3.06. The van der Waals surface area contributed by atoms with Crippen molar-refractivity contribution in [2.45, 2.75) is 64.3 Å². The van der Waals surface area contributed by atoms with E-state index < -0.39 is 11.2 Å². The molecular formula is C12H20O4. The number of ether oxygens (including phenoxy) is 2. The zero-order valence-electron chi connectivity index (χ0n) is 10.4. The molecule has 1 rings (SSSR count). The van der Waals surface area contributed by atoms with Crippen LogP contribution < -0.4 is 0 Å². The highest BCUT2D eigenvalue weighted by Crippen LogP contribution is 2.38. The van der Waals surface area contributed by atoms with Crippen LogP contribution in [0.3, 0.4) is 0 Å². The van der Waals surface area contributed by atoms with Crippen molar-refractivity contribution in [3.63, 3.8) is 0 Å². The van der Waals surface area contributed by atoms with Gasteiger partial charge in [0.25, 0.3) is 0 Å². The quantitative estimate of drug-likeness (QED) is 0.544. The Balaban J connectivity index is 2.64. The van der Waals surface area contributed by atoms with Crippen LogP contribution in [0.1, 0.15) is 47.0 Å². The van der Waals surface area contributed by atoms with Gasteiger partial charge >= 0.3 is 5.97 Å². The molecule has 0 spiro atoms. The first kappa shape index (κ1) is 13.2. The summed E-state index contributed by atoms with van der Waals surface area (Å²) in [6, 6.07) is 0. The normalized spacial score (nSPS) is 30.1. The van der Waals surface area contributed by atoms with Gasteiger partial charge in [0, 0.05) is 13.3 Å². The van der Waals surface area contributed by atoms with Gasteiger partial charge in [-0.05, 0) is 33.6 Å². The molecule has 4 heteroatoms. The molecule has 2 unspecified atom stereocenters. The van der Waals surface area contributed by atoms with Crippen molar-refractivity contribution in [2.75, 3.05) is 0 Å². The minimum absolute atomic E-state index is 0.138. The number of carbonyl (C=O) groups is 2. The fourth-order valence-electron chi connectivity index (χ4n) is 2.15. The second-order valence-corrected chi connectivity index (χ2v) is 5.16. The Bertz CT molecular complexity index is 285. The average molecular weight is 228 g/mol. The van der Waals surface area contributed by atoms with Crippen molar-refractivity contribution in [3.8, 4) is 0 Å². The molecule has 0 aromatic rings. The molecule has 0 aliphatic carbocycles. The molecule has 16 heavy (non-hydrogen) atoms. The molecule has 0 amide bonds. The second kappa shape index (κ2) is 4.53. The molecule has 0 aromatic heterocycles. The molecule has 0 aromatic carbocycles. The van der Waals surface area contributed by atoms with E-state index in [1.165, 1.54) is 6.92 Å². The summed E-state index contributed by atoms with van der Waals surface area (Å²) in [6.45, 7) is 6.99. The van der Waals surface area contributed by atoms with Gasteiger partial charge in [-0.2, -0.15) is 0 Å². The molecule has 0 saturated carbocycles. The van der Waals surface area contributed by atoms with Gasteiger partial charge in [-0.3, -0.25) is 4.79 Å². The molecule has 1 aliphatic heterocycles. The molecule has 1 aliphatic rings. The zero-order chi connectivity index (χ0) is 12.4. The van der Waals surface area contributed by atoms with Crippen molar-refractivity contribution >= 4 is 12.3 Å². The van der Waals surface area contributed by atoms with E-state index in [2.05, 4.69) is 0 Å². The van der Waals surface area contributed by atoms with Crippen LogP contribution in [0.4, 0.5) is 0 Å². The predicted octanol–water partition coefficient (Wildman–Crippen LogP) is 1.85. The number of rotatable bonds is 4. The fraction of sp³-hybridized carbons (Fsp3) is 0.833. The lowest BCUT2D eigenvalue weighted by Crippen LogP contribution is -2.42. The van der Waals surface area contributed by atoms with Crippen LogP contribution in [0, 0.1) is 0 Å². The van der Waals surface area contributed by atoms with Crippen LogP contribution >= 0.6 is 0 Å². The van der Waals surface area contributed by atoms with Crippen LogP contribution in [-0.4, -0.2) is 29.6 Å². The summed E-state index contributed by atoms with van der Waals surface area (Å²) in [4.78, 5) is 21.5. The third-order valence-corrected chi connectivity index (χ3v) is 3.06. The van der Waals surface area contributed by atoms with E-state index in [1.807, 2.05) is 20.8 Å². The Hall–Kier alpha value is -0.900. The Morgan fingerprint density at radius 2 is 2.25 bits per heavy atom. The number of aldehydes is 1.